The van der Waals surface area contributed by atoms with Crippen LogP contribution in [0.25, 0.3) is 0 Å². The van der Waals surface area contributed by atoms with Crippen LogP contribution < -0.4 is 0 Å². The van der Waals surface area contributed by atoms with Crippen molar-refractivity contribution >= 4 is 18.9 Å². The molecule has 1 heterocycles. The van der Waals surface area contributed by atoms with Crippen LogP contribution in [0.5, 0.6) is 0 Å². The predicted octanol–water partition coefficient (Wildman–Crippen LogP) is -1.50. The van der Waals surface area contributed by atoms with Gasteiger partial charge < -0.3 is 14.4 Å². The summed E-state index contributed by atoms with van der Waals surface area (Å²) in [6.07, 6.45) is 2.68. The van der Waals surface area contributed by atoms with Crippen molar-refractivity contribution in [3.05, 3.63) is 0 Å². The van der Waals surface area contributed by atoms with Crippen molar-refractivity contribution in [2.24, 2.45) is 0 Å². The fourth-order valence-corrected chi connectivity index (χ4v) is 2.05. The molecule has 102 valence electrons. The maximum absolute atomic E-state index is 10.6. The lowest BCUT2D eigenvalue weighted by atomic mass is 10.4. The van der Waals surface area contributed by atoms with Crippen LogP contribution in [0.2, 0.25) is 0 Å². The van der Waals surface area contributed by atoms with E-state index in [-0.39, 0.29) is 0 Å². The number of rotatable bonds is 6. The highest BCUT2D eigenvalue weighted by Gasteiger charge is 2.15. The zero-order valence-corrected chi connectivity index (χ0v) is 10.7. The maximum Gasteiger partial charge on any atom is 0.133 e. The van der Waals surface area contributed by atoms with Gasteiger partial charge in [0, 0.05) is 39.3 Å². The van der Waals surface area contributed by atoms with Crippen LogP contribution in [0.4, 0.5) is 0 Å². The van der Waals surface area contributed by atoms with Gasteiger partial charge in [-0.05, 0) is 0 Å². The van der Waals surface area contributed by atoms with E-state index in [1.807, 2.05) is 14.7 Å². The van der Waals surface area contributed by atoms with E-state index < -0.39 is 0 Å². The first-order chi connectivity index (χ1) is 8.80. The second-order valence-electron chi connectivity index (χ2n) is 4.40. The Kier molecular flexibility index (Phi) is 7.40. The zero-order valence-electron chi connectivity index (χ0n) is 10.7. The fraction of sp³-hybridized carbons (Fsp3) is 0.750. The molecule has 1 aliphatic rings. The number of hydrogen-bond acceptors (Lipinski definition) is 6. The average molecular weight is 255 g/mol. The molecule has 6 nitrogen and oxygen atoms in total. The first kappa shape index (κ1) is 14.9. The molecule has 1 fully saturated rings. The highest BCUT2D eigenvalue weighted by Crippen LogP contribution is 1.99. The Morgan fingerprint density at radius 1 is 0.556 bits per heavy atom. The SMILES string of the molecule is O=CCN1CCN(CC=O)CCN(CC=O)CC1. The lowest BCUT2D eigenvalue weighted by molar-refractivity contribution is -0.110. The highest BCUT2D eigenvalue weighted by molar-refractivity contribution is 5.53. The fourth-order valence-electron chi connectivity index (χ4n) is 2.05. The van der Waals surface area contributed by atoms with Gasteiger partial charge in [-0.15, -0.1) is 0 Å². The third-order valence-corrected chi connectivity index (χ3v) is 3.20. The Balaban J connectivity index is 2.57. The molecule has 18 heavy (non-hydrogen) atoms. The number of nitrogens with zero attached hydrogens (tertiary/aromatic N) is 3. The van der Waals surface area contributed by atoms with Gasteiger partial charge in [0.25, 0.3) is 0 Å². The number of hydrogen-bond donors (Lipinski definition) is 0. The summed E-state index contributed by atoms with van der Waals surface area (Å²) in [6.45, 7) is 5.90. The van der Waals surface area contributed by atoms with Gasteiger partial charge in [0.15, 0.2) is 0 Å². The molecule has 1 aliphatic heterocycles. The first-order valence-electron chi connectivity index (χ1n) is 6.28. The third kappa shape index (κ3) is 5.48. The molecule has 0 aromatic carbocycles. The van der Waals surface area contributed by atoms with Gasteiger partial charge in [0.2, 0.25) is 0 Å². The summed E-state index contributed by atoms with van der Waals surface area (Å²) in [7, 11) is 0. The van der Waals surface area contributed by atoms with Crippen LogP contribution in [-0.2, 0) is 14.4 Å². The molecule has 0 saturated carbocycles. The second-order valence-corrected chi connectivity index (χ2v) is 4.40. The van der Waals surface area contributed by atoms with Gasteiger partial charge in [-0.3, -0.25) is 14.7 Å². The highest BCUT2D eigenvalue weighted by atomic mass is 16.1. The monoisotopic (exact) mass is 255 g/mol. The standard InChI is InChI=1S/C12H21N3O3/c16-10-7-13-1-2-14(8-11-17)5-6-15(4-3-13)9-12-18/h10-12H,1-9H2. The lowest BCUT2D eigenvalue weighted by Crippen LogP contribution is -2.37. The minimum absolute atomic E-state index is 0.407. The average Bonchev–Trinajstić information content (AvgIpc) is 2.45. The largest absolute Gasteiger partial charge is 0.302 e. The summed E-state index contributed by atoms with van der Waals surface area (Å²) < 4.78 is 0. The van der Waals surface area contributed by atoms with Crippen molar-refractivity contribution in [2.75, 3.05) is 58.9 Å². The zero-order chi connectivity index (χ0) is 13.2. The Morgan fingerprint density at radius 2 is 0.778 bits per heavy atom. The van der Waals surface area contributed by atoms with E-state index in [0.29, 0.717) is 19.6 Å². The van der Waals surface area contributed by atoms with Crippen molar-refractivity contribution in [1.29, 1.82) is 0 Å². The smallest absolute Gasteiger partial charge is 0.133 e. The Labute approximate surface area is 108 Å². The topological polar surface area (TPSA) is 60.9 Å². The van der Waals surface area contributed by atoms with Crippen molar-refractivity contribution in [3.8, 4) is 0 Å². The molecule has 0 amide bonds. The van der Waals surface area contributed by atoms with Crippen molar-refractivity contribution in [1.82, 2.24) is 14.7 Å². The van der Waals surface area contributed by atoms with Gasteiger partial charge >= 0.3 is 0 Å². The first-order valence-corrected chi connectivity index (χ1v) is 6.28. The van der Waals surface area contributed by atoms with Gasteiger partial charge in [-0.25, -0.2) is 0 Å². The normalized spacial score (nSPS) is 20.7. The lowest BCUT2D eigenvalue weighted by Gasteiger charge is -2.22. The molecular formula is C12H21N3O3. The van der Waals surface area contributed by atoms with E-state index in [1.165, 1.54) is 0 Å². The number of carbonyl (C=O) groups is 3. The van der Waals surface area contributed by atoms with Crippen LogP contribution in [0.3, 0.4) is 0 Å². The number of carbonyl (C=O) groups excluding carboxylic acids is 3. The molecule has 0 atom stereocenters. The molecule has 0 aromatic heterocycles. The van der Waals surface area contributed by atoms with Crippen LogP contribution in [-0.4, -0.2) is 92.5 Å². The summed E-state index contributed by atoms with van der Waals surface area (Å²) in [5, 5.41) is 0. The van der Waals surface area contributed by atoms with Crippen LogP contribution in [0.15, 0.2) is 0 Å². The summed E-state index contributed by atoms with van der Waals surface area (Å²) in [4.78, 5) is 37.9. The third-order valence-electron chi connectivity index (χ3n) is 3.20. The van der Waals surface area contributed by atoms with Crippen molar-refractivity contribution < 1.29 is 14.4 Å². The summed E-state index contributed by atoms with van der Waals surface area (Å²) in [6, 6.07) is 0. The number of aldehydes is 3. The van der Waals surface area contributed by atoms with E-state index >= 15 is 0 Å². The molecular weight excluding hydrogens is 234 g/mol. The summed E-state index contributed by atoms with van der Waals surface area (Å²) in [5.74, 6) is 0. The van der Waals surface area contributed by atoms with E-state index in [4.69, 9.17) is 0 Å². The maximum atomic E-state index is 10.6. The Bertz CT molecular complexity index is 218. The molecule has 0 unspecified atom stereocenters. The minimum atomic E-state index is 0.407. The molecule has 0 radical (unpaired) electrons. The van der Waals surface area contributed by atoms with E-state index in [9.17, 15) is 14.4 Å². The van der Waals surface area contributed by atoms with Gasteiger partial charge in [-0.2, -0.15) is 0 Å². The van der Waals surface area contributed by atoms with E-state index in [1.54, 1.807) is 0 Å². The van der Waals surface area contributed by atoms with Gasteiger partial charge in [-0.1, -0.05) is 0 Å². The minimum Gasteiger partial charge on any atom is -0.302 e. The van der Waals surface area contributed by atoms with E-state index in [2.05, 4.69) is 0 Å². The van der Waals surface area contributed by atoms with Crippen LogP contribution in [0.1, 0.15) is 0 Å². The van der Waals surface area contributed by atoms with Gasteiger partial charge in [0.05, 0.1) is 19.6 Å². The quantitative estimate of drug-likeness (QED) is 0.539. The summed E-state index contributed by atoms with van der Waals surface area (Å²) >= 11 is 0. The van der Waals surface area contributed by atoms with E-state index in [0.717, 1.165) is 58.1 Å². The van der Waals surface area contributed by atoms with Crippen molar-refractivity contribution in [2.45, 2.75) is 0 Å². The molecule has 0 bridgehead atoms. The van der Waals surface area contributed by atoms with Crippen LogP contribution >= 0.6 is 0 Å². The molecule has 0 spiro atoms. The van der Waals surface area contributed by atoms with Crippen molar-refractivity contribution in [3.63, 3.8) is 0 Å². The molecule has 1 saturated heterocycles. The molecule has 6 heteroatoms. The Hall–Kier alpha value is -1.11. The second kappa shape index (κ2) is 8.91. The summed E-state index contributed by atoms with van der Waals surface area (Å²) in [5.41, 5.74) is 0. The Morgan fingerprint density at radius 3 is 0.944 bits per heavy atom. The molecule has 0 N–H and O–H groups in total. The molecule has 1 rings (SSSR count). The predicted molar refractivity (Wildman–Crippen MR) is 67.5 cm³/mol. The van der Waals surface area contributed by atoms with Gasteiger partial charge in [0.1, 0.15) is 18.9 Å². The molecule has 0 aliphatic carbocycles. The molecule has 0 aromatic rings. The van der Waals surface area contributed by atoms with Crippen LogP contribution in [0, 0.1) is 0 Å².